The predicted molar refractivity (Wildman–Crippen MR) is 96.7 cm³/mol. The van der Waals surface area contributed by atoms with Crippen LogP contribution in [0.2, 0.25) is 0 Å². The summed E-state index contributed by atoms with van der Waals surface area (Å²) in [6, 6.07) is 5.66. The molecule has 2 aromatic carbocycles. The monoisotopic (exact) mass is 399 g/mol. The molecule has 152 valence electrons. The summed E-state index contributed by atoms with van der Waals surface area (Å²) in [5.41, 5.74) is -0.902. The molecule has 0 atom stereocenters. The Morgan fingerprint density at radius 1 is 0.964 bits per heavy atom. The van der Waals surface area contributed by atoms with Crippen LogP contribution >= 0.6 is 0 Å². The van der Waals surface area contributed by atoms with E-state index in [4.69, 9.17) is 18.9 Å². The summed E-state index contributed by atoms with van der Waals surface area (Å²) in [5.74, 6) is 0.216. The van der Waals surface area contributed by atoms with Crippen molar-refractivity contribution in [1.82, 2.24) is 0 Å². The molecular weight excluding hydrogens is 379 g/mol. The highest BCUT2D eigenvalue weighted by molar-refractivity contribution is 6.05. The third-order valence-electron chi connectivity index (χ3n) is 3.78. The van der Waals surface area contributed by atoms with E-state index >= 15 is 0 Å². The minimum Gasteiger partial charge on any atom is -0.493 e. The maximum Gasteiger partial charge on any atom is 0.416 e. The Bertz CT molecular complexity index is 827. The molecule has 2 aromatic rings. The molecule has 28 heavy (non-hydrogen) atoms. The van der Waals surface area contributed by atoms with E-state index in [1.807, 2.05) is 0 Å². The van der Waals surface area contributed by atoms with Gasteiger partial charge in [0.15, 0.2) is 11.5 Å². The molecule has 2 rings (SSSR count). The number of benzene rings is 2. The maximum absolute atomic E-state index is 13.0. The van der Waals surface area contributed by atoms with Gasteiger partial charge in [-0.15, -0.1) is 0 Å². The van der Waals surface area contributed by atoms with Gasteiger partial charge in [0.2, 0.25) is 5.75 Å². The summed E-state index contributed by atoms with van der Waals surface area (Å²) < 4.78 is 60.0. The Hall–Kier alpha value is -3.10. The average molecular weight is 399 g/mol. The number of methoxy groups -OCH3 is 3. The summed E-state index contributed by atoms with van der Waals surface area (Å²) in [7, 11) is 4.19. The number of hydrogen-bond donors (Lipinski definition) is 1. The van der Waals surface area contributed by atoms with E-state index in [9.17, 15) is 18.0 Å². The summed E-state index contributed by atoms with van der Waals surface area (Å²) >= 11 is 0. The number of alkyl halides is 3. The van der Waals surface area contributed by atoms with Gasteiger partial charge in [0, 0.05) is 5.56 Å². The fourth-order valence-electron chi connectivity index (χ4n) is 2.49. The van der Waals surface area contributed by atoms with Gasteiger partial charge in [-0.05, 0) is 37.3 Å². The van der Waals surface area contributed by atoms with Gasteiger partial charge in [-0.1, -0.05) is 0 Å². The minimum atomic E-state index is -4.56. The summed E-state index contributed by atoms with van der Waals surface area (Å²) in [6.07, 6.45) is -4.56. The zero-order valence-corrected chi connectivity index (χ0v) is 15.8. The first-order chi connectivity index (χ1) is 13.2. The molecule has 9 heteroatoms. The Morgan fingerprint density at radius 2 is 1.57 bits per heavy atom. The second-order valence-corrected chi connectivity index (χ2v) is 5.51. The van der Waals surface area contributed by atoms with Crippen LogP contribution < -0.4 is 24.3 Å². The zero-order valence-electron chi connectivity index (χ0n) is 15.8. The smallest absolute Gasteiger partial charge is 0.416 e. The van der Waals surface area contributed by atoms with Crippen molar-refractivity contribution >= 4 is 11.6 Å². The Kier molecular flexibility index (Phi) is 6.61. The molecule has 6 nitrogen and oxygen atoms in total. The van der Waals surface area contributed by atoms with Gasteiger partial charge >= 0.3 is 6.18 Å². The lowest BCUT2D eigenvalue weighted by molar-refractivity contribution is -0.137. The van der Waals surface area contributed by atoms with E-state index in [-0.39, 0.29) is 40.9 Å². The number of halogens is 3. The number of rotatable bonds is 7. The highest BCUT2D eigenvalue weighted by atomic mass is 19.4. The Balaban J connectivity index is 2.44. The number of anilines is 1. The van der Waals surface area contributed by atoms with E-state index in [2.05, 4.69) is 5.32 Å². The van der Waals surface area contributed by atoms with Crippen molar-refractivity contribution in [2.45, 2.75) is 13.1 Å². The van der Waals surface area contributed by atoms with Crippen molar-refractivity contribution in [1.29, 1.82) is 0 Å². The molecule has 0 aliphatic rings. The number of carbonyl (C=O) groups excluding carboxylic acids is 1. The highest BCUT2D eigenvalue weighted by Gasteiger charge is 2.31. The second-order valence-electron chi connectivity index (χ2n) is 5.51. The van der Waals surface area contributed by atoms with E-state index in [0.29, 0.717) is 0 Å². The van der Waals surface area contributed by atoms with Crippen LogP contribution in [0.25, 0.3) is 0 Å². The lowest BCUT2D eigenvalue weighted by Crippen LogP contribution is -2.15. The second kappa shape index (κ2) is 8.73. The number of hydrogen-bond acceptors (Lipinski definition) is 5. The molecule has 0 heterocycles. The third-order valence-corrected chi connectivity index (χ3v) is 3.78. The standard InChI is InChI=1S/C19H20F3NO5/c1-5-28-14-7-6-12(19(20,21)22)10-13(14)23-18(24)11-8-15(25-2)17(27-4)16(9-11)26-3/h6-10H,5H2,1-4H3,(H,23,24). The predicted octanol–water partition coefficient (Wildman–Crippen LogP) is 4.38. The van der Waals surface area contributed by atoms with E-state index in [1.54, 1.807) is 6.92 Å². The molecule has 0 bridgehead atoms. The molecule has 0 unspecified atom stereocenters. The van der Waals surface area contributed by atoms with Crippen LogP contribution in [-0.4, -0.2) is 33.8 Å². The van der Waals surface area contributed by atoms with Crippen LogP contribution in [0, 0.1) is 0 Å². The molecule has 1 amide bonds. The van der Waals surface area contributed by atoms with Crippen LogP contribution in [0.1, 0.15) is 22.8 Å². The maximum atomic E-state index is 13.0. The van der Waals surface area contributed by atoms with Gasteiger partial charge in [-0.25, -0.2) is 0 Å². The Morgan fingerprint density at radius 3 is 2.04 bits per heavy atom. The zero-order chi connectivity index (χ0) is 20.9. The molecule has 1 N–H and O–H groups in total. The molecule has 0 spiro atoms. The van der Waals surface area contributed by atoms with Crippen LogP contribution in [0.4, 0.5) is 18.9 Å². The van der Waals surface area contributed by atoms with Gasteiger partial charge in [0.05, 0.1) is 39.2 Å². The quantitative estimate of drug-likeness (QED) is 0.748. The van der Waals surface area contributed by atoms with Crippen LogP contribution in [0.3, 0.4) is 0 Å². The lowest BCUT2D eigenvalue weighted by atomic mass is 10.1. The van der Waals surface area contributed by atoms with E-state index < -0.39 is 17.6 Å². The summed E-state index contributed by atoms with van der Waals surface area (Å²) in [5, 5.41) is 2.45. The number of ether oxygens (including phenoxy) is 4. The summed E-state index contributed by atoms with van der Waals surface area (Å²) in [6.45, 7) is 1.90. The molecule has 0 aliphatic heterocycles. The first-order valence-electron chi connectivity index (χ1n) is 8.20. The van der Waals surface area contributed by atoms with Crippen molar-refractivity contribution < 1.29 is 36.9 Å². The van der Waals surface area contributed by atoms with Crippen molar-refractivity contribution in [3.05, 3.63) is 41.5 Å². The molecule has 0 saturated heterocycles. The number of carbonyl (C=O) groups is 1. The molecule has 0 saturated carbocycles. The van der Waals surface area contributed by atoms with Crippen LogP contribution in [-0.2, 0) is 6.18 Å². The lowest BCUT2D eigenvalue weighted by Gasteiger charge is -2.16. The van der Waals surface area contributed by atoms with Gasteiger partial charge in [-0.2, -0.15) is 13.2 Å². The average Bonchev–Trinajstić information content (AvgIpc) is 2.67. The van der Waals surface area contributed by atoms with Crippen LogP contribution in [0.15, 0.2) is 30.3 Å². The van der Waals surface area contributed by atoms with Crippen molar-refractivity contribution in [3.8, 4) is 23.0 Å². The van der Waals surface area contributed by atoms with Crippen molar-refractivity contribution in [2.75, 3.05) is 33.3 Å². The molecule has 0 aromatic heterocycles. The Labute approximate surface area is 160 Å². The largest absolute Gasteiger partial charge is 0.493 e. The SMILES string of the molecule is CCOc1ccc(C(F)(F)F)cc1NC(=O)c1cc(OC)c(OC)c(OC)c1. The third kappa shape index (κ3) is 4.59. The molecular formula is C19H20F3NO5. The molecule has 0 radical (unpaired) electrons. The minimum absolute atomic E-state index is 0.101. The highest BCUT2D eigenvalue weighted by Crippen LogP contribution is 2.39. The van der Waals surface area contributed by atoms with Crippen molar-refractivity contribution in [2.24, 2.45) is 0 Å². The van der Waals surface area contributed by atoms with E-state index in [1.165, 1.54) is 33.5 Å². The first-order valence-corrected chi connectivity index (χ1v) is 8.20. The number of amides is 1. The summed E-state index contributed by atoms with van der Waals surface area (Å²) in [4.78, 5) is 12.7. The fraction of sp³-hybridized carbons (Fsp3) is 0.316. The van der Waals surface area contributed by atoms with Gasteiger partial charge in [-0.3, -0.25) is 4.79 Å². The van der Waals surface area contributed by atoms with Gasteiger partial charge in [0.25, 0.3) is 5.91 Å². The van der Waals surface area contributed by atoms with Crippen LogP contribution in [0.5, 0.6) is 23.0 Å². The topological polar surface area (TPSA) is 66.0 Å². The number of nitrogens with one attached hydrogen (secondary N) is 1. The van der Waals surface area contributed by atoms with Gasteiger partial charge in [0.1, 0.15) is 5.75 Å². The fourth-order valence-corrected chi connectivity index (χ4v) is 2.49. The molecule has 0 aliphatic carbocycles. The van der Waals surface area contributed by atoms with E-state index in [0.717, 1.165) is 18.2 Å². The normalized spacial score (nSPS) is 11.0. The van der Waals surface area contributed by atoms with Crippen molar-refractivity contribution in [3.63, 3.8) is 0 Å². The molecule has 0 fully saturated rings. The first kappa shape index (κ1) is 21.2. The van der Waals surface area contributed by atoms with Gasteiger partial charge < -0.3 is 24.3 Å².